The lowest BCUT2D eigenvalue weighted by Gasteiger charge is -2.43. The molecule has 1 aliphatic heterocycles. The van der Waals surface area contributed by atoms with Gasteiger partial charge in [0.1, 0.15) is 37.1 Å². The van der Waals surface area contributed by atoms with Gasteiger partial charge in [-0.1, -0.05) is 217 Å². The third-order valence-corrected chi connectivity index (χ3v) is 12.9. The van der Waals surface area contributed by atoms with Crippen molar-refractivity contribution in [2.45, 2.75) is 209 Å². The molecule has 0 aromatic heterocycles. The first-order chi connectivity index (χ1) is 33.0. The van der Waals surface area contributed by atoms with Crippen LogP contribution in [0.3, 0.4) is 0 Å². The van der Waals surface area contributed by atoms with Crippen LogP contribution in [0.15, 0.2) is 142 Å². The van der Waals surface area contributed by atoms with Gasteiger partial charge in [-0.15, -0.1) is 0 Å². The molecule has 0 unspecified atom stereocenters. The van der Waals surface area contributed by atoms with Crippen LogP contribution in [-0.2, 0) is 23.8 Å². The molecule has 2 aliphatic rings. The van der Waals surface area contributed by atoms with E-state index in [-0.39, 0.29) is 24.2 Å². The van der Waals surface area contributed by atoms with Gasteiger partial charge < -0.3 is 34.6 Å². The number of hydrogen-bond donors (Lipinski definition) is 4. The lowest BCUT2D eigenvalue weighted by Crippen LogP contribution is -2.61. The van der Waals surface area contributed by atoms with E-state index >= 15 is 0 Å². The molecule has 1 fully saturated rings. The second-order valence-electron chi connectivity index (χ2n) is 21.0. The molecular weight excluding hydrogens is 877 g/mol. The maximum absolute atomic E-state index is 12.5. The van der Waals surface area contributed by atoms with Crippen LogP contribution in [0.25, 0.3) is 0 Å². The fraction of sp³-hybridized carbons (Fsp3) is 0.574. The number of rotatable bonds is 29. The highest BCUT2D eigenvalue weighted by Crippen LogP contribution is 2.39. The first-order valence-electron chi connectivity index (χ1n) is 25.9. The number of unbranched alkanes of at least 4 members (excludes halogenated alkanes) is 8. The van der Waals surface area contributed by atoms with Gasteiger partial charge in [-0.05, 0) is 90.7 Å². The number of esters is 1. The van der Waals surface area contributed by atoms with Gasteiger partial charge in [0.25, 0.3) is 0 Å². The van der Waals surface area contributed by atoms with Crippen molar-refractivity contribution in [3.63, 3.8) is 0 Å². The molecule has 0 saturated carbocycles. The number of Topliss-reactive ketones (excluding diaryl/α,β-unsaturated/α-hetero) is 1. The minimum atomic E-state index is -1.61. The number of hydrogen-bond acceptors (Lipinski definition) is 9. The predicted molar refractivity (Wildman–Crippen MR) is 289 cm³/mol. The molecule has 9 nitrogen and oxygen atoms in total. The first kappa shape index (κ1) is 61.9. The summed E-state index contributed by atoms with van der Waals surface area (Å²) in [4.78, 5) is 24.7. The van der Waals surface area contributed by atoms with E-state index in [0.29, 0.717) is 12.8 Å². The number of aliphatic hydroxyl groups is 4. The number of ketones is 1. The van der Waals surface area contributed by atoms with Crippen LogP contribution >= 0.6 is 0 Å². The van der Waals surface area contributed by atoms with E-state index in [4.69, 9.17) is 14.2 Å². The van der Waals surface area contributed by atoms with Crippen LogP contribution in [-0.4, -0.2) is 81.2 Å². The van der Waals surface area contributed by atoms with Gasteiger partial charge in [-0.25, -0.2) is 0 Å². The number of aliphatic hydroxyl groups excluding tert-OH is 4. The smallest absolute Gasteiger partial charge is 0.305 e. The summed E-state index contributed by atoms with van der Waals surface area (Å²) in [5.74, 6) is 0.618. The van der Waals surface area contributed by atoms with Crippen molar-refractivity contribution in [2.24, 2.45) is 11.3 Å². The van der Waals surface area contributed by atoms with Gasteiger partial charge in [-0.3, -0.25) is 9.59 Å². The lowest BCUT2D eigenvalue weighted by atomic mass is 9.72. The second-order valence-corrected chi connectivity index (χ2v) is 21.0. The minimum absolute atomic E-state index is 0.0107. The summed E-state index contributed by atoms with van der Waals surface area (Å²) in [6.45, 7) is 24.0. The van der Waals surface area contributed by atoms with Gasteiger partial charge in [0, 0.05) is 12.8 Å². The van der Waals surface area contributed by atoms with Crippen molar-refractivity contribution >= 4 is 11.8 Å². The number of allylic oxidation sites excluding steroid dienone is 23. The van der Waals surface area contributed by atoms with Crippen molar-refractivity contribution < 1.29 is 44.2 Å². The maximum atomic E-state index is 12.5. The summed E-state index contributed by atoms with van der Waals surface area (Å²) in [6, 6.07) is 0. The largest absolute Gasteiger partial charge is 0.463 e. The number of carbonyl (C=O) groups is 2. The van der Waals surface area contributed by atoms with Crippen molar-refractivity contribution in [3.05, 3.63) is 142 Å². The zero-order chi connectivity index (χ0) is 52.3. The van der Waals surface area contributed by atoms with E-state index in [1.165, 1.54) is 38.5 Å². The monoisotopic (exact) mass is 969 g/mol. The second kappa shape index (κ2) is 32.7. The Labute approximate surface area is 423 Å². The Kier molecular flexibility index (Phi) is 28.9. The Balaban J connectivity index is 1.80. The quantitative estimate of drug-likeness (QED) is 0.0327. The highest BCUT2D eigenvalue weighted by Gasteiger charge is 2.47. The summed E-state index contributed by atoms with van der Waals surface area (Å²) < 4.78 is 17.2. The molecule has 2 rings (SSSR count). The molecule has 0 aromatic carbocycles. The SMILES string of the molecule is CC1=C(/C=C/C(C)=C/C=C/C(C)=C/C=C/C=C(C)/C=C/C=C(C)/C=C/C=C(C)/C=C/[C@H](O)C(C)(C)O[C@@H]2O[C@@H](COC(=O)CCCCCCCCCCCC(C)C)[C@@H](O)[C@H](O)[C@H]2O)C(C)(C)CCC1=O. The number of ether oxygens (including phenoxy) is 3. The Morgan fingerprint density at radius 2 is 1.17 bits per heavy atom. The predicted octanol–water partition coefficient (Wildman–Crippen LogP) is 13.2. The third-order valence-electron chi connectivity index (χ3n) is 12.9. The van der Waals surface area contributed by atoms with Crippen LogP contribution in [0.1, 0.15) is 167 Å². The molecule has 6 atom stereocenters. The molecule has 0 spiro atoms. The molecule has 1 heterocycles. The average molecular weight is 969 g/mol. The van der Waals surface area contributed by atoms with Crippen molar-refractivity contribution in [3.8, 4) is 0 Å². The van der Waals surface area contributed by atoms with E-state index in [1.54, 1.807) is 26.0 Å². The van der Waals surface area contributed by atoms with Crippen LogP contribution in [0.5, 0.6) is 0 Å². The molecule has 390 valence electrons. The van der Waals surface area contributed by atoms with E-state index in [9.17, 15) is 30.0 Å². The van der Waals surface area contributed by atoms with Crippen molar-refractivity contribution in [1.29, 1.82) is 0 Å². The first-order valence-corrected chi connectivity index (χ1v) is 25.9. The zero-order valence-electron chi connectivity index (χ0n) is 45.1. The molecule has 0 amide bonds. The average Bonchev–Trinajstić information content (AvgIpc) is 3.29. The zero-order valence-corrected chi connectivity index (χ0v) is 45.1. The highest BCUT2D eigenvalue weighted by atomic mass is 16.7. The van der Waals surface area contributed by atoms with E-state index in [2.05, 4.69) is 78.0 Å². The molecule has 70 heavy (non-hydrogen) atoms. The third kappa shape index (κ3) is 24.8. The Morgan fingerprint density at radius 1 is 0.700 bits per heavy atom. The van der Waals surface area contributed by atoms with Gasteiger partial charge in [0.05, 0.1) is 5.60 Å². The van der Waals surface area contributed by atoms with Crippen LogP contribution in [0.4, 0.5) is 0 Å². The van der Waals surface area contributed by atoms with Gasteiger partial charge in [0.2, 0.25) is 0 Å². The Morgan fingerprint density at radius 3 is 1.70 bits per heavy atom. The van der Waals surface area contributed by atoms with E-state index in [0.717, 1.165) is 70.6 Å². The fourth-order valence-electron chi connectivity index (χ4n) is 8.02. The van der Waals surface area contributed by atoms with E-state index < -0.39 is 48.4 Å². The highest BCUT2D eigenvalue weighted by molar-refractivity contribution is 5.97. The summed E-state index contributed by atoms with van der Waals surface area (Å²) >= 11 is 0. The van der Waals surface area contributed by atoms with Gasteiger partial charge in [0.15, 0.2) is 12.1 Å². The molecular formula is C61H92O9. The standard InChI is InChI=1S/C61H92O9/c1-44(2)27-20-18-16-14-13-15-17-19-21-36-55(64)68-43-53-56(65)57(66)58(67)59(69-53)70-61(11,12)54(63)40-38-49(7)35-26-33-47(5)32-24-30-45(3)28-22-23-29-46(4)31-25-34-48(6)37-39-51-50(8)52(62)41-42-60(51,9)10/h22-26,28-35,37-40,44,53-54,56-59,63,65-67H,13-21,27,36,41-43H2,1-12H3/b23-22+,30-24+,31-25+,33-26+,39-37+,40-38+,45-28+,46-29+,47-32+,48-34+,49-35+/t53-,54-,56+,57-,58+,59-/m0/s1. The van der Waals surface area contributed by atoms with Crippen LogP contribution in [0, 0.1) is 11.3 Å². The molecule has 9 heteroatoms. The van der Waals surface area contributed by atoms with Gasteiger partial charge >= 0.3 is 5.97 Å². The Bertz CT molecular complexity index is 2010. The van der Waals surface area contributed by atoms with Crippen LogP contribution in [0.2, 0.25) is 0 Å². The molecule has 1 aliphatic carbocycles. The van der Waals surface area contributed by atoms with E-state index in [1.807, 2.05) is 82.4 Å². The lowest BCUT2D eigenvalue weighted by molar-refractivity contribution is -0.329. The summed E-state index contributed by atoms with van der Waals surface area (Å²) in [5, 5.41) is 43.0. The summed E-state index contributed by atoms with van der Waals surface area (Å²) in [6.07, 6.45) is 38.9. The topological polar surface area (TPSA) is 143 Å². The summed E-state index contributed by atoms with van der Waals surface area (Å²) in [5.41, 5.74) is 6.05. The Hall–Kier alpha value is -4.22. The molecule has 1 saturated heterocycles. The normalized spacial score (nSPS) is 23.3. The van der Waals surface area contributed by atoms with Crippen LogP contribution < -0.4 is 0 Å². The van der Waals surface area contributed by atoms with Gasteiger partial charge in [-0.2, -0.15) is 0 Å². The minimum Gasteiger partial charge on any atom is -0.463 e. The fourth-order valence-corrected chi connectivity index (χ4v) is 8.02. The molecule has 0 bridgehead atoms. The summed E-state index contributed by atoms with van der Waals surface area (Å²) in [7, 11) is 0. The van der Waals surface area contributed by atoms with Crippen molar-refractivity contribution in [1.82, 2.24) is 0 Å². The maximum Gasteiger partial charge on any atom is 0.305 e. The van der Waals surface area contributed by atoms with Crippen molar-refractivity contribution in [2.75, 3.05) is 6.61 Å². The molecule has 4 N–H and O–H groups in total. The number of carbonyl (C=O) groups excluding carboxylic acids is 2. The molecule has 0 radical (unpaired) electrons. The molecule has 0 aromatic rings.